The summed E-state index contributed by atoms with van der Waals surface area (Å²) in [5, 5.41) is 0. The van der Waals surface area contributed by atoms with Crippen LogP contribution in [0.1, 0.15) is 5.56 Å². The molecule has 142 valence electrons. The largest absolute Gasteiger partial charge is 0.419 e. The van der Waals surface area contributed by atoms with E-state index in [4.69, 9.17) is 4.42 Å². The van der Waals surface area contributed by atoms with Gasteiger partial charge in [-0.25, -0.2) is 13.4 Å². The van der Waals surface area contributed by atoms with Gasteiger partial charge in [0.2, 0.25) is 0 Å². The van der Waals surface area contributed by atoms with Gasteiger partial charge in [0, 0.05) is 18.3 Å². The lowest BCUT2D eigenvalue weighted by atomic mass is 10.1. The highest BCUT2D eigenvalue weighted by Gasteiger charge is 2.13. The zero-order valence-electron chi connectivity index (χ0n) is 14.8. The van der Waals surface area contributed by atoms with Gasteiger partial charge in [0.25, 0.3) is 0 Å². The minimum absolute atomic E-state index is 0.364. The third-order valence-electron chi connectivity index (χ3n) is 4.38. The first-order chi connectivity index (χ1) is 13.6. The zero-order valence-corrected chi connectivity index (χ0v) is 15.6. The molecule has 0 saturated carbocycles. The Morgan fingerprint density at radius 2 is 1.75 bits per heavy atom. The van der Waals surface area contributed by atoms with E-state index in [1.54, 1.807) is 22.8 Å². The number of aromatic nitrogens is 1. The van der Waals surface area contributed by atoms with E-state index in [1.807, 2.05) is 30.3 Å². The van der Waals surface area contributed by atoms with Gasteiger partial charge in [0.1, 0.15) is 16.8 Å². The lowest BCUT2D eigenvalue weighted by Crippen LogP contribution is -2.15. The quantitative estimate of drug-likeness (QED) is 0.533. The van der Waals surface area contributed by atoms with Gasteiger partial charge in [0.05, 0.1) is 10.4 Å². The highest BCUT2D eigenvalue weighted by Crippen LogP contribution is 2.20. The molecule has 0 aliphatic carbocycles. The van der Waals surface area contributed by atoms with Crippen molar-refractivity contribution in [3.63, 3.8) is 0 Å². The number of aryl methyl sites for hydroxylation is 2. The van der Waals surface area contributed by atoms with E-state index in [1.165, 1.54) is 24.3 Å². The van der Waals surface area contributed by atoms with E-state index in [2.05, 4.69) is 4.72 Å². The summed E-state index contributed by atoms with van der Waals surface area (Å²) in [5.74, 6) is -0.809. The molecule has 5 nitrogen and oxygen atoms in total. The lowest BCUT2D eigenvalue weighted by molar-refractivity contribution is 0.505. The first kappa shape index (κ1) is 18.2. The first-order valence-electron chi connectivity index (χ1n) is 8.71. The smallest absolute Gasteiger partial charge is 0.408 e. The number of nitrogens with zero attached hydrogens (tertiary/aromatic N) is 1. The van der Waals surface area contributed by atoms with Gasteiger partial charge in [-0.2, -0.15) is 0 Å². The number of anilines is 1. The van der Waals surface area contributed by atoms with Crippen LogP contribution in [0.2, 0.25) is 0 Å². The molecule has 0 amide bonds. The molecule has 4 aromatic rings. The van der Waals surface area contributed by atoms with Crippen molar-refractivity contribution in [3.05, 3.63) is 94.7 Å². The van der Waals surface area contributed by atoms with E-state index in [-0.39, 0.29) is 5.82 Å². The van der Waals surface area contributed by atoms with E-state index in [0.29, 0.717) is 34.6 Å². The van der Waals surface area contributed by atoms with E-state index in [0.717, 1.165) is 5.56 Å². The molecule has 1 atom stereocenters. The number of oxazole rings is 1. The Labute approximate surface area is 163 Å². The molecule has 1 heterocycles. The Morgan fingerprint density at radius 1 is 1.00 bits per heavy atom. The second-order valence-corrected chi connectivity index (χ2v) is 7.48. The van der Waals surface area contributed by atoms with Crippen molar-refractivity contribution in [2.45, 2.75) is 17.9 Å². The topological polar surface area (TPSA) is 64.2 Å². The molecule has 0 aliphatic heterocycles. The fraction of sp³-hybridized carbons (Fsp3) is 0.0952. The molecule has 3 aromatic carbocycles. The minimum Gasteiger partial charge on any atom is -0.408 e. The predicted octanol–water partition coefficient (Wildman–Crippen LogP) is 4.11. The van der Waals surface area contributed by atoms with E-state index >= 15 is 0 Å². The van der Waals surface area contributed by atoms with Crippen LogP contribution in [-0.2, 0) is 24.0 Å². The molecule has 1 aromatic heterocycles. The summed E-state index contributed by atoms with van der Waals surface area (Å²) in [6.45, 7) is 0.492. The van der Waals surface area contributed by atoms with Gasteiger partial charge >= 0.3 is 5.76 Å². The van der Waals surface area contributed by atoms with Crippen molar-refractivity contribution in [1.29, 1.82) is 0 Å². The molecule has 4 rings (SSSR count). The number of halogens is 1. The van der Waals surface area contributed by atoms with Crippen LogP contribution in [0.3, 0.4) is 0 Å². The Bertz CT molecular complexity index is 1180. The van der Waals surface area contributed by atoms with Crippen LogP contribution in [0.5, 0.6) is 0 Å². The summed E-state index contributed by atoms with van der Waals surface area (Å²) < 4.78 is 35.2. The monoisotopic (exact) mass is 396 g/mol. The molecule has 1 N–H and O–H groups in total. The lowest BCUT2D eigenvalue weighted by Gasteiger charge is -2.06. The molecular formula is C21H17FN2O3S. The summed E-state index contributed by atoms with van der Waals surface area (Å²) in [6, 6.07) is 20.5. The molecule has 0 bridgehead atoms. The van der Waals surface area contributed by atoms with Gasteiger partial charge in [0.15, 0.2) is 5.58 Å². The second-order valence-electron chi connectivity index (χ2n) is 6.26. The summed E-state index contributed by atoms with van der Waals surface area (Å²) in [5.41, 5.74) is 2.69. The van der Waals surface area contributed by atoms with Gasteiger partial charge in [-0.1, -0.05) is 30.3 Å². The number of fused-ring (bicyclic) bond motifs is 1. The van der Waals surface area contributed by atoms with Crippen molar-refractivity contribution >= 4 is 27.8 Å². The number of rotatable bonds is 6. The van der Waals surface area contributed by atoms with Crippen LogP contribution in [-0.4, -0.2) is 8.78 Å². The fourth-order valence-corrected chi connectivity index (χ4v) is 3.82. The number of nitrogens with one attached hydrogen (secondary N) is 1. The molecule has 0 fully saturated rings. The molecule has 7 heteroatoms. The second kappa shape index (κ2) is 7.82. The molecule has 0 aliphatic rings. The molecule has 0 spiro atoms. The number of hydrogen-bond donors (Lipinski definition) is 1. The third kappa shape index (κ3) is 3.89. The van der Waals surface area contributed by atoms with Gasteiger partial charge in [-0.3, -0.25) is 4.57 Å². The SMILES string of the molecule is O=c1oc2cc(S(=O)Nc3ccc(F)cc3)ccc2n1CCc1ccccc1. The average molecular weight is 396 g/mol. The Kier molecular flexibility index (Phi) is 5.08. The molecule has 1 unspecified atom stereocenters. The maximum atomic E-state index is 13.0. The normalized spacial score (nSPS) is 12.2. The summed E-state index contributed by atoms with van der Waals surface area (Å²) >= 11 is 0. The minimum atomic E-state index is -1.57. The summed E-state index contributed by atoms with van der Waals surface area (Å²) in [6.07, 6.45) is 0.704. The molecule has 0 saturated heterocycles. The van der Waals surface area contributed by atoms with E-state index < -0.39 is 16.7 Å². The summed E-state index contributed by atoms with van der Waals surface area (Å²) in [7, 11) is -1.57. The fourth-order valence-electron chi connectivity index (χ4n) is 2.94. The Hall–Kier alpha value is -3.19. The predicted molar refractivity (Wildman–Crippen MR) is 107 cm³/mol. The van der Waals surface area contributed by atoms with Crippen LogP contribution < -0.4 is 10.5 Å². The van der Waals surface area contributed by atoms with Crippen molar-refractivity contribution in [1.82, 2.24) is 4.57 Å². The third-order valence-corrected chi connectivity index (χ3v) is 5.48. The van der Waals surface area contributed by atoms with Crippen LogP contribution in [0.15, 0.2) is 86.9 Å². The molecule has 28 heavy (non-hydrogen) atoms. The van der Waals surface area contributed by atoms with Crippen LogP contribution in [0.4, 0.5) is 10.1 Å². The standard InChI is InChI=1S/C21H17FN2O3S/c22-16-6-8-17(9-7-16)23-28(26)18-10-11-19-20(14-18)27-21(25)24(19)13-12-15-4-2-1-3-5-15/h1-11,14,23H,12-13H2. The summed E-state index contributed by atoms with van der Waals surface area (Å²) in [4.78, 5) is 12.7. The van der Waals surface area contributed by atoms with Gasteiger partial charge in [-0.15, -0.1) is 0 Å². The molecule has 0 radical (unpaired) electrons. The number of hydrogen-bond acceptors (Lipinski definition) is 3. The van der Waals surface area contributed by atoms with Gasteiger partial charge < -0.3 is 9.14 Å². The average Bonchev–Trinajstić information content (AvgIpc) is 3.03. The maximum Gasteiger partial charge on any atom is 0.419 e. The van der Waals surface area contributed by atoms with Crippen molar-refractivity contribution in [3.8, 4) is 0 Å². The van der Waals surface area contributed by atoms with Crippen LogP contribution >= 0.6 is 0 Å². The van der Waals surface area contributed by atoms with Crippen molar-refractivity contribution in [2.75, 3.05) is 4.72 Å². The zero-order chi connectivity index (χ0) is 19.5. The highest BCUT2D eigenvalue weighted by atomic mass is 32.2. The van der Waals surface area contributed by atoms with E-state index in [9.17, 15) is 13.4 Å². The highest BCUT2D eigenvalue weighted by molar-refractivity contribution is 7.86. The van der Waals surface area contributed by atoms with Gasteiger partial charge in [-0.05, 0) is 48.4 Å². The first-order valence-corrected chi connectivity index (χ1v) is 9.86. The van der Waals surface area contributed by atoms with Crippen molar-refractivity contribution < 1.29 is 13.0 Å². The van der Waals surface area contributed by atoms with Crippen LogP contribution in [0, 0.1) is 5.82 Å². The van der Waals surface area contributed by atoms with Crippen LogP contribution in [0.25, 0.3) is 11.1 Å². The number of benzene rings is 3. The van der Waals surface area contributed by atoms with Crippen molar-refractivity contribution in [2.24, 2.45) is 0 Å². The maximum absolute atomic E-state index is 13.0. The Morgan fingerprint density at radius 3 is 2.50 bits per heavy atom. The Balaban J connectivity index is 1.55. The molecular weight excluding hydrogens is 379 g/mol.